The molecule has 0 bridgehead atoms. The van der Waals surface area contributed by atoms with Gasteiger partial charge in [-0.25, -0.2) is 0 Å². The molecule has 0 aromatic carbocycles. The van der Waals surface area contributed by atoms with Crippen molar-refractivity contribution in [3.8, 4) is 0 Å². The third-order valence-electron chi connectivity index (χ3n) is 2.37. The van der Waals surface area contributed by atoms with E-state index in [1.54, 1.807) is 0 Å². The van der Waals surface area contributed by atoms with E-state index >= 15 is 0 Å². The summed E-state index contributed by atoms with van der Waals surface area (Å²) in [6.45, 7) is 11.6. The van der Waals surface area contributed by atoms with Gasteiger partial charge in [0, 0.05) is 13.2 Å². The van der Waals surface area contributed by atoms with Crippen molar-refractivity contribution >= 4 is 8.56 Å². The Kier molecular flexibility index (Phi) is 7.38. The summed E-state index contributed by atoms with van der Waals surface area (Å²) in [7, 11) is -2.13. The van der Waals surface area contributed by atoms with E-state index in [-0.39, 0.29) is 11.8 Å². The van der Waals surface area contributed by atoms with Gasteiger partial charge in [-0.2, -0.15) is 0 Å². The highest BCUT2D eigenvalue weighted by atomic mass is 28.4. The average Bonchev–Trinajstić information content (AvgIpc) is 2.14. The maximum atomic E-state index is 5.82. The highest BCUT2D eigenvalue weighted by Crippen LogP contribution is 2.15. The van der Waals surface area contributed by atoms with Crippen LogP contribution in [-0.4, -0.2) is 33.6 Å². The summed E-state index contributed by atoms with van der Waals surface area (Å²) in [6, 6.07) is 0. The molecule has 0 radical (unpaired) electrons. The van der Waals surface area contributed by atoms with E-state index in [4.69, 9.17) is 14.6 Å². The van der Waals surface area contributed by atoms with Crippen LogP contribution in [0.2, 0.25) is 6.55 Å². The maximum absolute atomic E-state index is 5.82. The number of hydrogen-bond donors (Lipinski definition) is 2. The zero-order chi connectivity index (χ0) is 11.9. The molecule has 0 aliphatic heterocycles. The molecular weight excluding hydrogens is 208 g/mol. The fraction of sp³-hybridized carbons (Fsp3) is 1.00. The molecule has 0 fully saturated rings. The predicted octanol–water partition coefficient (Wildman–Crippen LogP) is 1.34. The van der Waals surface area contributed by atoms with E-state index in [0.717, 1.165) is 6.42 Å². The Balaban J connectivity index is 4.52. The smallest absolute Gasteiger partial charge is 0.352 e. The van der Waals surface area contributed by atoms with E-state index < -0.39 is 8.56 Å². The van der Waals surface area contributed by atoms with Gasteiger partial charge in [0.15, 0.2) is 0 Å². The molecule has 0 saturated carbocycles. The van der Waals surface area contributed by atoms with Gasteiger partial charge >= 0.3 is 8.56 Å². The molecule has 0 aliphatic carbocycles. The summed E-state index contributed by atoms with van der Waals surface area (Å²) in [5, 5.41) is 3.33. The van der Waals surface area contributed by atoms with E-state index in [1.807, 2.05) is 20.8 Å². The van der Waals surface area contributed by atoms with Gasteiger partial charge < -0.3 is 14.6 Å². The van der Waals surface area contributed by atoms with Crippen LogP contribution in [0.5, 0.6) is 0 Å². The van der Waals surface area contributed by atoms with Crippen LogP contribution < -0.4 is 11.1 Å². The Bertz CT molecular complexity index is 162. The highest BCUT2D eigenvalue weighted by molar-refractivity contribution is 6.67. The van der Waals surface area contributed by atoms with Crippen molar-refractivity contribution in [1.29, 1.82) is 0 Å². The SMILES string of the molecule is CCO[Si](C)(OCC)C(CC)NC(C)N. The minimum atomic E-state index is -2.13. The average molecular weight is 234 g/mol. The molecule has 3 N–H and O–H groups in total. The number of rotatable bonds is 8. The molecule has 0 spiro atoms. The molecule has 4 nitrogen and oxygen atoms in total. The summed E-state index contributed by atoms with van der Waals surface area (Å²) in [5.41, 5.74) is 6.01. The molecule has 0 aromatic heterocycles. The predicted molar refractivity (Wildman–Crippen MR) is 65.7 cm³/mol. The molecule has 5 heteroatoms. The Hall–Kier alpha value is 0.0569. The maximum Gasteiger partial charge on any atom is 0.352 e. The molecule has 0 aliphatic rings. The van der Waals surface area contributed by atoms with Gasteiger partial charge in [-0.05, 0) is 33.7 Å². The van der Waals surface area contributed by atoms with Crippen LogP contribution in [0.4, 0.5) is 0 Å². The summed E-state index contributed by atoms with van der Waals surface area (Å²) >= 11 is 0. The standard InChI is InChI=1S/C10H26N2O2Si/c1-6-10(12-9(4)11)15(5,13-7-2)14-8-3/h9-10,12H,6-8,11H2,1-5H3. The van der Waals surface area contributed by atoms with Gasteiger partial charge in [0.1, 0.15) is 0 Å². The molecule has 0 aromatic rings. The van der Waals surface area contributed by atoms with Gasteiger partial charge in [0.05, 0.1) is 11.8 Å². The number of hydrogen-bond acceptors (Lipinski definition) is 4. The number of nitrogens with two attached hydrogens (primary N) is 1. The van der Waals surface area contributed by atoms with Crippen molar-refractivity contribution < 1.29 is 8.85 Å². The van der Waals surface area contributed by atoms with Crippen LogP contribution in [0, 0.1) is 0 Å². The van der Waals surface area contributed by atoms with Crippen LogP contribution in [-0.2, 0) is 8.85 Å². The van der Waals surface area contributed by atoms with Crippen molar-refractivity contribution in [3.05, 3.63) is 0 Å². The molecule has 0 amide bonds. The Morgan fingerprint density at radius 3 is 1.93 bits per heavy atom. The normalized spacial score (nSPS) is 16.4. The van der Waals surface area contributed by atoms with Crippen molar-refractivity contribution in [2.24, 2.45) is 5.73 Å². The molecule has 0 saturated heterocycles. The zero-order valence-electron chi connectivity index (χ0n) is 10.7. The van der Waals surface area contributed by atoms with Crippen LogP contribution in [0.1, 0.15) is 34.1 Å². The monoisotopic (exact) mass is 234 g/mol. The minimum absolute atomic E-state index is 0.0253. The second kappa shape index (κ2) is 7.35. The first-order chi connectivity index (χ1) is 7.00. The van der Waals surface area contributed by atoms with E-state index in [2.05, 4.69) is 18.8 Å². The van der Waals surface area contributed by atoms with Gasteiger partial charge in [0.2, 0.25) is 0 Å². The first kappa shape index (κ1) is 15.1. The number of nitrogens with one attached hydrogen (secondary N) is 1. The lowest BCUT2D eigenvalue weighted by atomic mass is 10.4. The van der Waals surface area contributed by atoms with Gasteiger partial charge in [-0.15, -0.1) is 0 Å². The van der Waals surface area contributed by atoms with Gasteiger partial charge in [-0.1, -0.05) is 6.92 Å². The second-order valence-corrected chi connectivity index (χ2v) is 7.10. The van der Waals surface area contributed by atoms with E-state index in [0.29, 0.717) is 13.2 Å². The molecule has 2 unspecified atom stereocenters. The zero-order valence-corrected chi connectivity index (χ0v) is 11.7. The van der Waals surface area contributed by atoms with Crippen molar-refractivity contribution in [3.63, 3.8) is 0 Å². The first-order valence-corrected chi connectivity index (χ1v) is 8.19. The van der Waals surface area contributed by atoms with E-state index in [1.165, 1.54) is 0 Å². The quantitative estimate of drug-likeness (QED) is 0.491. The molecule has 15 heavy (non-hydrogen) atoms. The third-order valence-corrected chi connectivity index (χ3v) is 5.93. The minimum Gasteiger partial charge on any atom is -0.394 e. The Morgan fingerprint density at radius 2 is 1.67 bits per heavy atom. The topological polar surface area (TPSA) is 56.5 Å². The van der Waals surface area contributed by atoms with Crippen LogP contribution in [0.3, 0.4) is 0 Å². The lowest BCUT2D eigenvalue weighted by molar-refractivity contribution is 0.171. The van der Waals surface area contributed by atoms with Crippen LogP contribution >= 0.6 is 0 Å². The third kappa shape index (κ3) is 5.08. The molecule has 0 heterocycles. The summed E-state index contributed by atoms with van der Waals surface area (Å²) in [4.78, 5) is 0. The molecule has 0 rings (SSSR count). The van der Waals surface area contributed by atoms with Crippen molar-refractivity contribution in [1.82, 2.24) is 5.32 Å². The molecule has 2 atom stereocenters. The summed E-state index contributed by atoms with van der Waals surface area (Å²) in [5.74, 6) is 0. The summed E-state index contributed by atoms with van der Waals surface area (Å²) in [6.07, 6.45) is 0.951. The summed E-state index contributed by atoms with van der Waals surface area (Å²) < 4.78 is 11.6. The fourth-order valence-corrected chi connectivity index (χ4v) is 4.71. The molecule has 92 valence electrons. The van der Waals surface area contributed by atoms with Gasteiger partial charge in [0.25, 0.3) is 0 Å². The van der Waals surface area contributed by atoms with Crippen LogP contribution in [0.15, 0.2) is 0 Å². The van der Waals surface area contributed by atoms with Crippen molar-refractivity contribution in [2.75, 3.05) is 13.2 Å². The van der Waals surface area contributed by atoms with Crippen molar-refractivity contribution in [2.45, 2.75) is 52.5 Å². The highest BCUT2D eigenvalue weighted by Gasteiger charge is 2.39. The lowest BCUT2D eigenvalue weighted by Gasteiger charge is -2.35. The van der Waals surface area contributed by atoms with Crippen LogP contribution in [0.25, 0.3) is 0 Å². The Morgan fingerprint density at radius 1 is 1.20 bits per heavy atom. The lowest BCUT2D eigenvalue weighted by Crippen LogP contribution is -2.60. The molecular formula is C10H26N2O2Si. The van der Waals surface area contributed by atoms with E-state index in [9.17, 15) is 0 Å². The Labute approximate surface area is 94.8 Å². The van der Waals surface area contributed by atoms with Gasteiger partial charge in [-0.3, -0.25) is 5.32 Å². The fourth-order valence-electron chi connectivity index (χ4n) is 1.77. The first-order valence-electron chi connectivity index (χ1n) is 5.79. The largest absolute Gasteiger partial charge is 0.394 e. The second-order valence-electron chi connectivity index (χ2n) is 3.80.